The van der Waals surface area contributed by atoms with Gasteiger partial charge in [-0.2, -0.15) is 0 Å². The summed E-state index contributed by atoms with van der Waals surface area (Å²) in [4.78, 5) is 21.8. The predicted molar refractivity (Wildman–Crippen MR) is 99.0 cm³/mol. The van der Waals surface area contributed by atoms with Gasteiger partial charge in [0, 0.05) is 22.2 Å². The molecule has 0 saturated heterocycles. The molecule has 2 heterocycles. The normalized spacial score (nSPS) is 10.7. The number of amides is 1. The second-order valence-electron chi connectivity index (χ2n) is 5.54. The minimum atomic E-state index is -0.250. The van der Waals surface area contributed by atoms with Crippen molar-refractivity contribution >= 4 is 34.0 Å². The molecule has 0 aliphatic heterocycles. The van der Waals surface area contributed by atoms with Gasteiger partial charge in [-0.25, -0.2) is 9.97 Å². The Bertz CT molecular complexity index is 920. The summed E-state index contributed by atoms with van der Waals surface area (Å²) in [7, 11) is 0. The number of rotatable bonds is 3. The minimum Gasteiger partial charge on any atom is -0.298 e. The molecule has 0 radical (unpaired) electrons. The Morgan fingerprint density at radius 3 is 2.62 bits per heavy atom. The lowest BCUT2D eigenvalue weighted by molar-refractivity contribution is 0.102. The highest BCUT2D eigenvalue weighted by atomic mass is 35.5. The highest BCUT2D eigenvalue weighted by Crippen LogP contribution is 2.31. The van der Waals surface area contributed by atoms with Gasteiger partial charge < -0.3 is 0 Å². The molecule has 2 aromatic heterocycles. The van der Waals surface area contributed by atoms with Crippen molar-refractivity contribution in [2.75, 3.05) is 5.32 Å². The molecule has 0 fully saturated rings. The summed E-state index contributed by atoms with van der Waals surface area (Å²) in [5, 5.41) is 3.68. The van der Waals surface area contributed by atoms with Crippen LogP contribution in [-0.4, -0.2) is 15.9 Å². The smallest absolute Gasteiger partial charge is 0.257 e. The van der Waals surface area contributed by atoms with Gasteiger partial charge in [0.25, 0.3) is 5.91 Å². The van der Waals surface area contributed by atoms with E-state index < -0.39 is 0 Å². The summed E-state index contributed by atoms with van der Waals surface area (Å²) >= 11 is 7.28. The van der Waals surface area contributed by atoms with Gasteiger partial charge in [-0.3, -0.25) is 10.1 Å². The van der Waals surface area contributed by atoms with Gasteiger partial charge in [0.05, 0.1) is 5.69 Å². The fraction of sp³-hybridized carbons (Fsp3) is 0.167. The number of aryl methyl sites for hydroxylation is 3. The summed E-state index contributed by atoms with van der Waals surface area (Å²) in [6.45, 7) is 6.16. The molecular formula is C18H16ClN3OS. The molecule has 0 spiro atoms. The molecule has 0 aliphatic rings. The van der Waals surface area contributed by atoms with Crippen LogP contribution in [0.2, 0.25) is 5.15 Å². The van der Waals surface area contributed by atoms with Gasteiger partial charge in [0.15, 0.2) is 5.13 Å². The molecule has 1 amide bonds. The standard InChI is InChI=1S/C18H16ClN3OS/c1-10-4-5-13(8-11(10)2)16-12(3)24-18(21-16)22-17(23)14-6-7-20-15(19)9-14/h4-9H,1-3H3,(H,21,22,23). The highest BCUT2D eigenvalue weighted by Gasteiger charge is 2.14. The molecule has 6 heteroatoms. The number of halogens is 1. The average Bonchev–Trinajstić information content (AvgIpc) is 2.90. The summed E-state index contributed by atoms with van der Waals surface area (Å²) in [5.41, 5.74) is 4.87. The van der Waals surface area contributed by atoms with Crippen molar-refractivity contribution in [1.29, 1.82) is 0 Å². The number of hydrogen-bond donors (Lipinski definition) is 1. The van der Waals surface area contributed by atoms with Gasteiger partial charge in [0.2, 0.25) is 0 Å². The Morgan fingerprint density at radius 2 is 1.92 bits per heavy atom. The Hall–Kier alpha value is -2.24. The van der Waals surface area contributed by atoms with Crippen molar-refractivity contribution in [3.63, 3.8) is 0 Å². The number of thiazole rings is 1. The molecule has 4 nitrogen and oxygen atoms in total. The maximum absolute atomic E-state index is 12.3. The number of pyridine rings is 1. The molecule has 122 valence electrons. The first-order valence-electron chi connectivity index (χ1n) is 7.42. The predicted octanol–water partition coefficient (Wildman–Crippen LogP) is 5.04. The van der Waals surface area contributed by atoms with E-state index >= 15 is 0 Å². The number of nitrogens with one attached hydrogen (secondary N) is 1. The number of benzene rings is 1. The van der Waals surface area contributed by atoms with Crippen LogP contribution in [0.5, 0.6) is 0 Å². The van der Waals surface area contributed by atoms with E-state index in [1.807, 2.05) is 6.92 Å². The van der Waals surface area contributed by atoms with Gasteiger partial charge in [-0.15, -0.1) is 11.3 Å². The molecule has 1 aromatic carbocycles. The summed E-state index contributed by atoms with van der Waals surface area (Å²) in [5.74, 6) is -0.250. The molecule has 1 N–H and O–H groups in total. The number of hydrogen-bond acceptors (Lipinski definition) is 4. The number of anilines is 1. The quantitative estimate of drug-likeness (QED) is 0.668. The van der Waals surface area contributed by atoms with Crippen LogP contribution in [0.1, 0.15) is 26.4 Å². The molecule has 0 atom stereocenters. The molecule has 0 aliphatic carbocycles. The van der Waals surface area contributed by atoms with Gasteiger partial charge in [-0.1, -0.05) is 23.7 Å². The fourth-order valence-corrected chi connectivity index (χ4v) is 3.32. The zero-order chi connectivity index (χ0) is 17.3. The molecule has 0 bridgehead atoms. The largest absolute Gasteiger partial charge is 0.298 e. The fourth-order valence-electron chi connectivity index (χ4n) is 2.32. The van der Waals surface area contributed by atoms with Gasteiger partial charge >= 0.3 is 0 Å². The second kappa shape index (κ2) is 6.71. The number of nitrogens with zero attached hydrogens (tertiary/aromatic N) is 2. The molecule has 3 aromatic rings. The summed E-state index contributed by atoms with van der Waals surface area (Å²) in [6, 6.07) is 9.40. The lowest BCUT2D eigenvalue weighted by atomic mass is 10.0. The van der Waals surface area contributed by atoms with Crippen molar-refractivity contribution < 1.29 is 4.79 Å². The van der Waals surface area contributed by atoms with Crippen molar-refractivity contribution in [1.82, 2.24) is 9.97 Å². The zero-order valence-electron chi connectivity index (χ0n) is 13.6. The zero-order valence-corrected chi connectivity index (χ0v) is 15.1. The number of aromatic nitrogens is 2. The molecule has 24 heavy (non-hydrogen) atoms. The third-order valence-corrected chi connectivity index (χ3v) is 4.88. The van der Waals surface area contributed by atoms with E-state index in [-0.39, 0.29) is 11.1 Å². The number of carbonyl (C=O) groups is 1. The lowest BCUT2D eigenvalue weighted by Gasteiger charge is -2.04. The van der Waals surface area contributed by atoms with E-state index in [0.717, 1.165) is 16.1 Å². The van der Waals surface area contributed by atoms with Crippen molar-refractivity contribution in [3.05, 3.63) is 63.2 Å². The SMILES string of the molecule is Cc1ccc(-c2nc(NC(=O)c3ccnc(Cl)c3)sc2C)cc1C. The Kier molecular flexibility index (Phi) is 4.64. The van der Waals surface area contributed by atoms with E-state index in [4.69, 9.17) is 11.6 Å². The summed E-state index contributed by atoms with van der Waals surface area (Å²) in [6.07, 6.45) is 1.50. The first-order valence-corrected chi connectivity index (χ1v) is 8.61. The first kappa shape index (κ1) is 16.6. The summed E-state index contributed by atoms with van der Waals surface area (Å²) < 4.78 is 0. The maximum Gasteiger partial charge on any atom is 0.257 e. The van der Waals surface area contributed by atoms with Gasteiger partial charge in [-0.05, 0) is 50.1 Å². The monoisotopic (exact) mass is 357 g/mol. The molecule has 3 rings (SSSR count). The van der Waals surface area contributed by atoms with Crippen molar-refractivity contribution in [2.45, 2.75) is 20.8 Å². The minimum absolute atomic E-state index is 0.250. The van der Waals surface area contributed by atoms with E-state index in [1.165, 1.54) is 34.7 Å². The van der Waals surface area contributed by atoms with Crippen LogP contribution in [-0.2, 0) is 0 Å². The van der Waals surface area contributed by atoms with E-state index in [2.05, 4.69) is 47.3 Å². The first-order chi connectivity index (χ1) is 11.4. The van der Waals surface area contributed by atoms with Crippen LogP contribution >= 0.6 is 22.9 Å². The van der Waals surface area contributed by atoms with Crippen LogP contribution in [0, 0.1) is 20.8 Å². The van der Waals surface area contributed by atoms with Crippen LogP contribution < -0.4 is 5.32 Å². The number of carbonyl (C=O) groups excluding carboxylic acids is 1. The third-order valence-electron chi connectivity index (χ3n) is 3.79. The maximum atomic E-state index is 12.3. The Balaban J connectivity index is 1.86. The topological polar surface area (TPSA) is 54.9 Å². The Morgan fingerprint density at radius 1 is 1.12 bits per heavy atom. The van der Waals surface area contributed by atoms with Crippen LogP contribution in [0.15, 0.2) is 36.5 Å². The average molecular weight is 358 g/mol. The molecule has 0 unspecified atom stereocenters. The molecular weight excluding hydrogens is 342 g/mol. The second-order valence-corrected chi connectivity index (χ2v) is 7.13. The van der Waals surface area contributed by atoms with Crippen LogP contribution in [0.3, 0.4) is 0 Å². The van der Waals surface area contributed by atoms with E-state index in [0.29, 0.717) is 10.7 Å². The lowest BCUT2D eigenvalue weighted by Crippen LogP contribution is -2.11. The van der Waals surface area contributed by atoms with Crippen molar-refractivity contribution in [2.24, 2.45) is 0 Å². The van der Waals surface area contributed by atoms with Crippen LogP contribution in [0.4, 0.5) is 5.13 Å². The van der Waals surface area contributed by atoms with E-state index in [9.17, 15) is 4.79 Å². The van der Waals surface area contributed by atoms with Gasteiger partial charge in [0.1, 0.15) is 5.15 Å². The van der Waals surface area contributed by atoms with E-state index in [1.54, 1.807) is 6.07 Å². The molecule has 0 saturated carbocycles. The Labute approximate surface area is 149 Å². The highest BCUT2D eigenvalue weighted by molar-refractivity contribution is 7.16. The van der Waals surface area contributed by atoms with Crippen molar-refractivity contribution in [3.8, 4) is 11.3 Å². The van der Waals surface area contributed by atoms with Crippen LogP contribution in [0.25, 0.3) is 11.3 Å². The third kappa shape index (κ3) is 3.47.